The lowest BCUT2D eigenvalue weighted by Gasteiger charge is -2.07. The maximum atomic E-state index is 5.36. The van der Waals surface area contributed by atoms with Crippen LogP contribution in [0.4, 0.5) is 0 Å². The molecular weight excluding hydrogens is 380 g/mol. The second-order valence-electron chi connectivity index (χ2n) is 5.58. The molecule has 0 unspecified atom stereocenters. The summed E-state index contributed by atoms with van der Waals surface area (Å²) in [6.45, 7) is 0. The number of para-hydroxylation sites is 1. The fourth-order valence-electron chi connectivity index (χ4n) is 2.53. The number of hydrogen-bond acceptors (Lipinski definition) is 9. The molecule has 0 amide bonds. The first-order chi connectivity index (χ1) is 13.8. The highest BCUT2D eigenvalue weighted by Gasteiger charge is 2.14. The van der Waals surface area contributed by atoms with Gasteiger partial charge in [0.1, 0.15) is 0 Å². The quantitative estimate of drug-likeness (QED) is 0.436. The van der Waals surface area contributed by atoms with E-state index in [9.17, 15) is 0 Å². The zero-order valence-electron chi connectivity index (χ0n) is 15.1. The van der Waals surface area contributed by atoms with Crippen molar-refractivity contribution in [2.75, 3.05) is 14.2 Å². The Morgan fingerprint density at radius 1 is 1.04 bits per heavy atom. The summed E-state index contributed by atoms with van der Waals surface area (Å²) < 4.78 is 17.6. The molecule has 142 valence electrons. The molecular formula is C18H16N6O3S. The minimum absolute atomic E-state index is 0.438. The highest BCUT2D eigenvalue weighted by atomic mass is 32.2. The Kier molecular flexibility index (Phi) is 5.20. The number of methoxy groups -OCH3 is 2. The molecule has 0 aliphatic heterocycles. The van der Waals surface area contributed by atoms with Gasteiger partial charge in [0, 0.05) is 5.56 Å². The molecule has 0 aliphatic carbocycles. The summed E-state index contributed by atoms with van der Waals surface area (Å²) in [5, 5.41) is 16.5. The molecule has 0 N–H and O–H groups in total. The third kappa shape index (κ3) is 3.67. The molecule has 0 aliphatic rings. The summed E-state index contributed by atoms with van der Waals surface area (Å²) in [5.74, 6) is 2.62. The van der Waals surface area contributed by atoms with Crippen molar-refractivity contribution in [3.05, 3.63) is 54.4 Å². The first kappa shape index (κ1) is 18.0. The highest BCUT2D eigenvalue weighted by molar-refractivity contribution is 7.98. The molecule has 10 heteroatoms. The Hall–Kier alpha value is -3.40. The van der Waals surface area contributed by atoms with Gasteiger partial charge in [-0.25, -0.2) is 0 Å². The standard InChI is InChI=1S/C18H16N6O3S/c1-25-14-9-8-12(10-15(14)26-2)17-19-16(27-21-17)11-28-18-20-22-23-24(18)13-6-4-3-5-7-13/h3-10H,11H2,1-2H3. The van der Waals surface area contributed by atoms with E-state index in [4.69, 9.17) is 14.0 Å². The molecule has 0 fully saturated rings. The van der Waals surface area contributed by atoms with E-state index >= 15 is 0 Å². The first-order valence-corrected chi connectivity index (χ1v) is 9.28. The summed E-state index contributed by atoms with van der Waals surface area (Å²) in [4.78, 5) is 4.44. The van der Waals surface area contributed by atoms with Crippen molar-refractivity contribution in [1.29, 1.82) is 0 Å². The van der Waals surface area contributed by atoms with E-state index in [-0.39, 0.29) is 0 Å². The second-order valence-corrected chi connectivity index (χ2v) is 6.52. The van der Waals surface area contributed by atoms with E-state index in [0.717, 1.165) is 11.3 Å². The summed E-state index contributed by atoms with van der Waals surface area (Å²) in [6, 6.07) is 15.1. The molecule has 4 aromatic rings. The van der Waals surface area contributed by atoms with Gasteiger partial charge in [-0.2, -0.15) is 9.67 Å². The smallest absolute Gasteiger partial charge is 0.237 e. The zero-order valence-corrected chi connectivity index (χ0v) is 16.0. The Labute approximate surface area is 164 Å². The van der Waals surface area contributed by atoms with E-state index in [1.54, 1.807) is 31.0 Å². The van der Waals surface area contributed by atoms with Gasteiger partial charge in [-0.3, -0.25) is 0 Å². The van der Waals surface area contributed by atoms with Crippen LogP contribution in [0.2, 0.25) is 0 Å². The van der Waals surface area contributed by atoms with E-state index in [1.807, 2.05) is 36.4 Å². The normalized spacial score (nSPS) is 10.8. The highest BCUT2D eigenvalue weighted by Crippen LogP contribution is 2.31. The zero-order chi connectivity index (χ0) is 19.3. The largest absolute Gasteiger partial charge is 0.493 e. The fraction of sp³-hybridized carbons (Fsp3) is 0.167. The first-order valence-electron chi connectivity index (χ1n) is 8.30. The fourth-order valence-corrected chi connectivity index (χ4v) is 3.26. The van der Waals surface area contributed by atoms with Crippen LogP contribution in [0.1, 0.15) is 5.89 Å². The number of ether oxygens (including phenoxy) is 2. The average Bonchev–Trinajstić information content (AvgIpc) is 3.42. The van der Waals surface area contributed by atoms with Gasteiger partial charge in [0.15, 0.2) is 11.5 Å². The van der Waals surface area contributed by atoms with Crippen LogP contribution in [0.15, 0.2) is 58.2 Å². The predicted molar refractivity (Wildman–Crippen MR) is 102 cm³/mol. The van der Waals surface area contributed by atoms with Gasteiger partial charge in [-0.15, -0.1) is 5.10 Å². The van der Waals surface area contributed by atoms with Gasteiger partial charge in [0.05, 0.1) is 25.7 Å². The number of thioether (sulfide) groups is 1. The van der Waals surface area contributed by atoms with Crippen molar-refractivity contribution in [3.8, 4) is 28.6 Å². The maximum Gasteiger partial charge on any atom is 0.237 e. The molecule has 9 nitrogen and oxygen atoms in total. The lowest BCUT2D eigenvalue weighted by Crippen LogP contribution is -1.98. The van der Waals surface area contributed by atoms with Gasteiger partial charge < -0.3 is 14.0 Å². The SMILES string of the molecule is COc1ccc(-c2noc(CSc3nnnn3-c3ccccc3)n2)cc1OC. The third-order valence-electron chi connectivity index (χ3n) is 3.88. The Balaban J connectivity index is 1.49. The van der Waals surface area contributed by atoms with Crippen molar-refractivity contribution in [3.63, 3.8) is 0 Å². The van der Waals surface area contributed by atoms with E-state index in [0.29, 0.717) is 34.1 Å². The number of nitrogens with zero attached hydrogens (tertiary/aromatic N) is 6. The van der Waals surface area contributed by atoms with Gasteiger partial charge in [0.25, 0.3) is 0 Å². The van der Waals surface area contributed by atoms with Crippen molar-refractivity contribution in [1.82, 2.24) is 30.3 Å². The molecule has 2 heterocycles. The molecule has 2 aromatic carbocycles. The van der Waals surface area contributed by atoms with Crippen LogP contribution in [0, 0.1) is 0 Å². The van der Waals surface area contributed by atoms with Crippen molar-refractivity contribution >= 4 is 11.8 Å². The summed E-state index contributed by atoms with van der Waals surface area (Å²) in [5.41, 5.74) is 1.65. The molecule has 2 aromatic heterocycles. The summed E-state index contributed by atoms with van der Waals surface area (Å²) in [6.07, 6.45) is 0. The minimum Gasteiger partial charge on any atom is -0.493 e. The molecule has 4 rings (SSSR count). The van der Waals surface area contributed by atoms with Crippen LogP contribution >= 0.6 is 11.8 Å². The monoisotopic (exact) mass is 396 g/mol. The Morgan fingerprint density at radius 2 is 1.86 bits per heavy atom. The number of tetrazole rings is 1. The van der Waals surface area contributed by atoms with Crippen LogP contribution in [-0.4, -0.2) is 44.6 Å². The molecule has 0 spiro atoms. The van der Waals surface area contributed by atoms with Gasteiger partial charge >= 0.3 is 0 Å². The van der Waals surface area contributed by atoms with Crippen LogP contribution in [-0.2, 0) is 5.75 Å². The maximum absolute atomic E-state index is 5.36. The van der Waals surface area contributed by atoms with Crippen LogP contribution in [0.25, 0.3) is 17.1 Å². The number of hydrogen-bond donors (Lipinski definition) is 0. The molecule has 0 bridgehead atoms. The molecule has 28 heavy (non-hydrogen) atoms. The third-order valence-corrected chi connectivity index (χ3v) is 4.78. The summed E-state index contributed by atoms with van der Waals surface area (Å²) in [7, 11) is 3.17. The predicted octanol–water partition coefficient (Wildman–Crippen LogP) is 3.02. The van der Waals surface area contributed by atoms with E-state index in [1.165, 1.54) is 11.8 Å². The number of aromatic nitrogens is 6. The van der Waals surface area contributed by atoms with Crippen molar-refractivity contribution < 1.29 is 14.0 Å². The lowest BCUT2D eigenvalue weighted by molar-refractivity contribution is 0.355. The average molecular weight is 396 g/mol. The van der Waals surface area contributed by atoms with Gasteiger partial charge in [0.2, 0.25) is 16.9 Å². The van der Waals surface area contributed by atoms with Crippen LogP contribution < -0.4 is 9.47 Å². The number of rotatable bonds is 7. The minimum atomic E-state index is 0.438. The van der Waals surface area contributed by atoms with Crippen molar-refractivity contribution in [2.45, 2.75) is 10.9 Å². The van der Waals surface area contributed by atoms with Gasteiger partial charge in [-0.05, 0) is 40.8 Å². The molecule has 0 saturated carbocycles. The molecule has 0 saturated heterocycles. The molecule has 0 radical (unpaired) electrons. The lowest BCUT2D eigenvalue weighted by atomic mass is 10.2. The van der Waals surface area contributed by atoms with Crippen LogP contribution in [0.5, 0.6) is 11.5 Å². The van der Waals surface area contributed by atoms with Crippen LogP contribution in [0.3, 0.4) is 0 Å². The Morgan fingerprint density at radius 3 is 2.64 bits per heavy atom. The second kappa shape index (κ2) is 8.09. The number of benzene rings is 2. The van der Waals surface area contributed by atoms with Gasteiger partial charge in [-0.1, -0.05) is 35.1 Å². The summed E-state index contributed by atoms with van der Waals surface area (Å²) >= 11 is 1.41. The molecule has 0 atom stereocenters. The Bertz CT molecular complexity index is 1070. The van der Waals surface area contributed by atoms with E-state index in [2.05, 4.69) is 25.7 Å². The van der Waals surface area contributed by atoms with E-state index < -0.39 is 0 Å². The topological polar surface area (TPSA) is 101 Å². The van der Waals surface area contributed by atoms with Crippen molar-refractivity contribution in [2.24, 2.45) is 0 Å².